The van der Waals surface area contributed by atoms with Crippen molar-refractivity contribution in [2.24, 2.45) is 0 Å². The lowest BCUT2D eigenvalue weighted by molar-refractivity contribution is -0.116. The molecule has 1 aliphatic rings. The van der Waals surface area contributed by atoms with E-state index in [1.807, 2.05) is 60.7 Å². The fourth-order valence-electron chi connectivity index (χ4n) is 2.82. The highest BCUT2D eigenvalue weighted by Crippen LogP contribution is 2.32. The van der Waals surface area contributed by atoms with Gasteiger partial charge in [0.25, 0.3) is 0 Å². The van der Waals surface area contributed by atoms with Gasteiger partial charge < -0.3 is 5.11 Å². The second kappa shape index (κ2) is 6.98. The van der Waals surface area contributed by atoms with Crippen molar-refractivity contribution in [3.8, 4) is 11.8 Å². The van der Waals surface area contributed by atoms with Crippen LogP contribution in [0.15, 0.2) is 72.0 Å². The summed E-state index contributed by atoms with van der Waals surface area (Å²) in [6, 6.07) is 19.4. The number of aliphatic hydroxyl groups is 1. The lowest BCUT2D eigenvalue weighted by atomic mass is 9.83. The van der Waals surface area contributed by atoms with E-state index >= 15 is 0 Å². The van der Waals surface area contributed by atoms with Crippen LogP contribution in [0.2, 0.25) is 0 Å². The van der Waals surface area contributed by atoms with Crippen LogP contribution in [0.5, 0.6) is 0 Å². The van der Waals surface area contributed by atoms with Crippen molar-refractivity contribution in [1.29, 1.82) is 0 Å². The minimum Gasteiger partial charge on any atom is -0.512 e. The fourth-order valence-corrected chi connectivity index (χ4v) is 2.82. The van der Waals surface area contributed by atoms with E-state index in [9.17, 15) is 9.90 Å². The lowest BCUT2D eigenvalue weighted by Gasteiger charge is -2.20. The number of ketones is 1. The maximum Gasteiger partial charge on any atom is 0.163 e. The lowest BCUT2D eigenvalue weighted by Crippen LogP contribution is -2.17. The number of benzene rings is 2. The predicted molar refractivity (Wildman–Crippen MR) is 91.0 cm³/mol. The van der Waals surface area contributed by atoms with Gasteiger partial charge in [-0.1, -0.05) is 60.4 Å². The molecular weight excluding hydrogens is 284 g/mol. The third kappa shape index (κ3) is 3.52. The molecule has 1 atom stereocenters. The molecule has 1 N–H and O–H groups in total. The number of aliphatic hydroxyl groups excluding tert-OH is 1. The molecule has 0 saturated carbocycles. The molecule has 0 radical (unpaired) electrons. The highest BCUT2D eigenvalue weighted by molar-refractivity contribution is 5.98. The molecule has 3 rings (SSSR count). The Labute approximate surface area is 136 Å². The number of carbonyl (C=O) groups is 1. The zero-order chi connectivity index (χ0) is 16.1. The molecule has 2 aromatic carbocycles. The first kappa shape index (κ1) is 15.1. The van der Waals surface area contributed by atoms with E-state index in [0.29, 0.717) is 24.8 Å². The van der Waals surface area contributed by atoms with Crippen LogP contribution in [0.4, 0.5) is 0 Å². The fraction of sp³-hybridized carbons (Fsp3) is 0.190. The number of hydrogen-bond acceptors (Lipinski definition) is 2. The second-order valence-electron chi connectivity index (χ2n) is 5.62. The van der Waals surface area contributed by atoms with Gasteiger partial charge in [-0.05, 0) is 24.1 Å². The van der Waals surface area contributed by atoms with Crippen molar-refractivity contribution in [3.63, 3.8) is 0 Å². The maximum absolute atomic E-state index is 12.3. The number of Topliss-reactive ketones (excluding diaryl/α,β-unsaturated/α-hetero) is 1. The molecule has 114 valence electrons. The molecule has 1 aliphatic carbocycles. The third-order valence-corrected chi connectivity index (χ3v) is 3.98. The smallest absolute Gasteiger partial charge is 0.163 e. The standard InChI is InChI=1S/C21H18O2/c22-19-12-7-13-20(23)21(19)18(17-10-5-2-6-11-17)15-14-16-8-3-1-4-9-16/h1-6,8-11,18,22H,7,12-13H2. The van der Waals surface area contributed by atoms with Crippen LogP contribution in [0.3, 0.4) is 0 Å². The van der Waals surface area contributed by atoms with E-state index in [0.717, 1.165) is 11.1 Å². The van der Waals surface area contributed by atoms with Crippen LogP contribution < -0.4 is 0 Å². The van der Waals surface area contributed by atoms with Crippen LogP contribution in [-0.2, 0) is 4.79 Å². The number of rotatable bonds is 2. The first-order chi connectivity index (χ1) is 11.3. The van der Waals surface area contributed by atoms with Gasteiger partial charge in [-0.3, -0.25) is 4.79 Å². The van der Waals surface area contributed by atoms with Gasteiger partial charge in [0.15, 0.2) is 5.78 Å². The molecule has 0 aliphatic heterocycles. The van der Waals surface area contributed by atoms with Crippen LogP contribution in [-0.4, -0.2) is 10.9 Å². The Morgan fingerprint density at radius 3 is 2.22 bits per heavy atom. The molecule has 23 heavy (non-hydrogen) atoms. The molecule has 0 amide bonds. The Morgan fingerprint density at radius 1 is 0.913 bits per heavy atom. The molecule has 0 spiro atoms. The first-order valence-electron chi connectivity index (χ1n) is 7.82. The van der Waals surface area contributed by atoms with Crippen LogP contribution in [0, 0.1) is 11.8 Å². The average Bonchev–Trinajstić information content (AvgIpc) is 2.59. The first-order valence-corrected chi connectivity index (χ1v) is 7.82. The summed E-state index contributed by atoms with van der Waals surface area (Å²) in [5.74, 6) is 6.14. The quantitative estimate of drug-likeness (QED) is 0.836. The zero-order valence-corrected chi connectivity index (χ0v) is 12.8. The van der Waals surface area contributed by atoms with Gasteiger partial charge in [-0.25, -0.2) is 0 Å². The Hall–Kier alpha value is -2.79. The van der Waals surface area contributed by atoms with Crippen molar-refractivity contribution in [2.75, 3.05) is 0 Å². The summed E-state index contributed by atoms with van der Waals surface area (Å²) in [7, 11) is 0. The molecule has 0 fully saturated rings. The Bertz CT molecular complexity index is 777. The van der Waals surface area contributed by atoms with E-state index in [2.05, 4.69) is 11.8 Å². The summed E-state index contributed by atoms with van der Waals surface area (Å²) in [4.78, 5) is 12.3. The summed E-state index contributed by atoms with van der Waals surface area (Å²) in [6.45, 7) is 0. The van der Waals surface area contributed by atoms with Crippen molar-refractivity contribution in [2.45, 2.75) is 25.2 Å². The summed E-state index contributed by atoms with van der Waals surface area (Å²) >= 11 is 0. The minimum absolute atomic E-state index is 0.00460. The predicted octanol–water partition coefficient (Wildman–Crippen LogP) is 4.39. The number of carbonyl (C=O) groups excluding carboxylic acids is 1. The molecule has 2 heteroatoms. The van der Waals surface area contributed by atoms with E-state index in [1.54, 1.807) is 0 Å². The van der Waals surface area contributed by atoms with Gasteiger partial charge >= 0.3 is 0 Å². The van der Waals surface area contributed by atoms with E-state index in [4.69, 9.17) is 0 Å². The molecule has 2 aromatic rings. The molecule has 0 aromatic heterocycles. The molecule has 2 nitrogen and oxygen atoms in total. The largest absolute Gasteiger partial charge is 0.512 e. The van der Waals surface area contributed by atoms with Crippen molar-refractivity contribution >= 4 is 5.78 Å². The van der Waals surface area contributed by atoms with Gasteiger partial charge in [0, 0.05) is 18.4 Å². The normalized spacial score (nSPS) is 15.7. The van der Waals surface area contributed by atoms with Gasteiger partial charge in [0.2, 0.25) is 0 Å². The zero-order valence-electron chi connectivity index (χ0n) is 12.8. The number of hydrogen-bond donors (Lipinski definition) is 1. The van der Waals surface area contributed by atoms with E-state index < -0.39 is 0 Å². The van der Waals surface area contributed by atoms with Crippen LogP contribution in [0.1, 0.15) is 36.3 Å². The Kier molecular flexibility index (Phi) is 4.59. The molecule has 0 bridgehead atoms. The second-order valence-corrected chi connectivity index (χ2v) is 5.62. The van der Waals surface area contributed by atoms with Crippen molar-refractivity contribution in [3.05, 3.63) is 83.1 Å². The van der Waals surface area contributed by atoms with Gasteiger partial charge in [0.05, 0.1) is 11.5 Å². The van der Waals surface area contributed by atoms with Gasteiger partial charge in [-0.15, -0.1) is 0 Å². The van der Waals surface area contributed by atoms with E-state index in [-0.39, 0.29) is 17.5 Å². The van der Waals surface area contributed by atoms with E-state index in [1.165, 1.54) is 0 Å². The van der Waals surface area contributed by atoms with Gasteiger partial charge in [-0.2, -0.15) is 0 Å². The topological polar surface area (TPSA) is 37.3 Å². The van der Waals surface area contributed by atoms with Crippen molar-refractivity contribution in [1.82, 2.24) is 0 Å². The Balaban J connectivity index is 2.05. The number of allylic oxidation sites excluding steroid dienone is 2. The summed E-state index contributed by atoms with van der Waals surface area (Å²) < 4.78 is 0. The monoisotopic (exact) mass is 302 g/mol. The highest BCUT2D eigenvalue weighted by atomic mass is 16.3. The third-order valence-electron chi connectivity index (χ3n) is 3.98. The summed E-state index contributed by atoms with van der Waals surface area (Å²) in [5.41, 5.74) is 2.30. The molecule has 0 heterocycles. The average molecular weight is 302 g/mol. The SMILES string of the molecule is O=C1CCCC(O)=C1C(C#Cc1ccccc1)c1ccccc1. The molecular formula is C21H18O2. The minimum atomic E-state index is -0.385. The van der Waals surface area contributed by atoms with Crippen molar-refractivity contribution < 1.29 is 9.90 Å². The Morgan fingerprint density at radius 2 is 1.57 bits per heavy atom. The maximum atomic E-state index is 12.3. The molecule has 1 unspecified atom stereocenters. The summed E-state index contributed by atoms with van der Waals surface area (Å²) in [5, 5.41) is 10.3. The van der Waals surface area contributed by atoms with Crippen LogP contribution >= 0.6 is 0 Å². The highest BCUT2D eigenvalue weighted by Gasteiger charge is 2.27. The van der Waals surface area contributed by atoms with Gasteiger partial charge in [0.1, 0.15) is 5.76 Å². The molecule has 0 saturated heterocycles. The van der Waals surface area contributed by atoms with Crippen LogP contribution in [0.25, 0.3) is 0 Å². The summed E-state index contributed by atoms with van der Waals surface area (Å²) in [6.07, 6.45) is 1.74.